The van der Waals surface area contributed by atoms with Crippen LogP contribution in [0.2, 0.25) is 0 Å². The van der Waals surface area contributed by atoms with Crippen LogP contribution in [0, 0.1) is 56.2 Å². The van der Waals surface area contributed by atoms with E-state index in [9.17, 15) is 14.0 Å². The van der Waals surface area contributed by atoms with Gasteiger partial charge in [0.05, 0.1) is 28.8 Å². The number of carbonyl (C=O) groups excluding carboxylic acids is 2. The van der Waals surface area contributed by atoms with Gasteiger partial charge in [0.15, 0.2) is 11.6 Å². The summed E-state index contributed by atoms with van der Waals surface area (Å²) in [6.07, 6.45) is 11.4. The van der Waals surface area contributed by atoms with E-state index in [0.717, 1.165) is 80.1 Å². The van der Waals surface area contributed by atoms with Crippen molar-refractivity contribution >= 4 is 17.5 Å². The van der Waals surface area contributed by atoms with Crippen LogP contribution in [0.3, 0.4) is 0 Å². The van der Waals surface area contributed by atoms with Gasteiger partial charge in [0.2, 0.25) is 0 Å². The van der Waals surface area contributed by atoms with Gasteiger partial charge in [-0.2, -0.15) is 20.7 Å². The lowest BCUT2D eigenvalue weighted by Crippen LogP contribution is -2.38. The highest BCUT2D eigenvalue weighted by Gasteiger charge is 2.29. The molecule has 0 bridgehead atoms. The summed E-state index contributed by atoms with van der Waals surface area (Å²) in [5.74, 6) is 2.58. The van der Waals surface area contributed by atoms with Gasteiger partial charge in [-0.05, 0) is 181 Å². The molecule has 6 heterocycles. The molecule has 4 saturated heterocycles. The fourth-order valence-corrected chi connectivity index (χ4v) is 10.1. The summed E-state index contributed by atoms with van der Waals surface area (Å²) >= 11 is 0. The summed E-state index contributed by atoms with van der Waals surface area (Å²) < 4.78 is 14.5. The second-order valence-corrected chi connectivity index (χ2v) is 19.3. The molecule has 2 amide bonds. The number of hydrogen-bond acceptors (Lipinski definition) is 10. The van der Waals surface area contributed by atoms with Crippen molar-refractivity contribution in [2.45, 2.75) is 111 Å². The highest BCUT2D eigenvalue weighted by Crippen LogP contribution is 2.36. The van der Waals surface area contributed by atoms with Crippen LogP contribution in [0.5, 0.6) is 0 Å². The molecule has 0 unspecified atom stereocenters. The monoisotopic (exact) mass is 973 g/mol. The van der Waals surface area contributed by atoms with E-state index in [-0.39, 0.29) is 30.6 Å². The van der Waals surface area contributed by atoms with E-state index in [4.69, 9.17) is 10.5 Å². The average molecular weight is 973 g/mol. The third kappa shape index (κ3) is 12.8. The maximum atomic E-state index is 14.5. The highest BCUT2D eigenvalue weighted by molar-refractivity contribution is 5.99. The summed E-state index contributed by atoms with van der Waals surface area (Å²) in [5.41, 5.74) is 8.87. The Bertz CT molecular complexity index is 2840. The number of anilines is 1. The van der Waals surface area contributed by atoms with Crippen LogP contribution < -0.4 is 10.2 Å². The summed E-state index contributed by atoms with van der Waals surface area (Å²) in [6, 6.07) is 26.9. The molecule has 2 aromatic heterocycles. The molecule has 14 nitrogen and oxygen atoms in total. The number of piperidine rings is 4. The van der Waals surface area contributed by atoms with Crippen molar-refractivity contribution in [3.63, 3.8) is 0 Å². The molecule has 4 aliphatic heterocycles. The first-order valence-electron chi connectivity index (χ1n) is 25.3. The third-order valence-electron chi connectivity index (χ3n) is 14.3. The van der Waals surface area contributed by atoms with Crippen LogP contribution in [-0.2, 0) is 0 Å². The first kappa shape index (κ1) is 52.6. The lowest BCUT2D eigenvalue weighted by Gasteiger charge is -2.34. The number of benzene rings is 4. The highest BCUT2D eigenvalue weighted by atomic mass is 19.1. The van der Waals surface area contributed by atoms with E-state index in [1.165, 1.54) is 68.8 Å². The molecule has 4 fully saturated rings. The summed E-state index contributed by atoms with van der Waals surface area (Å²) in [4.78, 5) is 41.8. The zero-order valence-corrected chi connectivity index (χ0v) is 41.5. The van der Waals surface area contributed by atoms with Crippen LogP contribution in [0.1, 0.15) is 149 Å². The largest absolute Gasteiger partial charge is 0.371 e. The second kappa shape index (κ2) is 24.7. The molecular formula is C57H69FN12O2. The van der Waals surface area contributed by atoms with Crippen molar-refractivity contribution in [1.82, 2.24) is 45.5 Å². The zero-order valence-electron chi connectivity index (χ0n) is 41.5. The number of aromatic nitrogens is 6. The number of hydrogen-bond donors (Lipinski definition) is 3. The number of aromatic amines is 2. The van der Waals surface area contributed by atoms with Gasteiger partial charge < -0.3 is 20.0 Å². The Hall–Kier alpha value is -7.23. The Morgan fingerprint density at radius 1 is 0.583 bits per heavy atom. The topological polar surface area (TPSA) is 187 Å². The summed E-state index contributed by atoms with van der Waals surface area (Å²) in [5, 5.41) is 35.4. The molecule has 0 saturated carbocycles. The maximum Gasteiger partial charge on any atom is 0.254 e. The molecule has 4 aromatic carbocycles. The number of aryl methyl sites for hydroxylation is 4. The lowest BCUT2D eigenvalue weighted by molar-refractivity contribution is 0.0704. The number of likely N-dealkylation sites (tertiary alicyclic amines) is 2. The van der Waals surface area contributed by atoms with Crippen molar-refractivity contribution in [2.24, 2.45) is 0 Å². The van der Waals surface area contributed by atoms with E-state index in [2.05, 4.69) is 70.9 Å². The van der Waals surface area contributed by atoms with E-state index in [1.54, 1.807) is 19.9 Å². The predicted octanol–water partition coefficient (Wildman–Crippen LogP) is 10.5. The third-order valence-corrected chi connectivity index (χ3v) is 14.3. The molecule has 0 spiro atoms. The van der Waals surface area contributed by atoms with E-state index in [0.29, 0.717) is 58.8 Å². The van der Waals surface area contributed by atoms with Gasteiger partial charge in [-0.15, -0.1) is 0 Å². The fraction of sp³-hybridized carbons (Fsp3) is 0.439. The molecular weight excluding hydrogens is 904 g/mol. The molecule has 376 valence electrons. The minimum absolute atomic E-state index is 0. The van der Waals surface area contributed by atoms with Crippen molar-refractivity contribution in [3.05, 3.63) is 135 Å². The fourth-order valence-electron chi connectivity index (χ4n) is 10.1. The predicted molar refractivity (Wildman–Crippen MR) is 280 cm³/mol. The first-order chi connectivity index (χ1) is 34.5. The van der Waals surface area contributed by atoms with E-state index in [1.807, 2.05) is 66.1 Å². The molecule has 0 aliphatic carbocycles. The minimum Gasteiger partial charge on any atom is -0.371 e. The number of nitrogens with zero attached hydrogens (tertiary/aromatic N) is 9. The molecule has 3 N–H and O–H groups in total. The van der Waals surface area contributed by atoms with E-state index < -0.39 is 5.82 Å². The smallest absolute Gasteiger partial charge is 0.254 e. The molecule has 72 heavy (non-hydrogen) atoms. The number of nitrogens with one attached hydrogen (secondary N) is 3. The van der Waals surface area contributed by atoms with Gasteiger partial charge in [-0.1, -0.05) is 38.1 Å². The van der Waals surface area contributed by atoms with Gasteiger partial charge in [-0.3, -0.25) is 19.8 Å². The SMILES string of the molecule is C.C1CCNCC1.Cc1nc(-c2cc(C(=O)N3CCC(c4ccc(C#N)cc4)CC3)c(C)cc2F)n[nH]1.Cc1nc(-c2cc(C(=O)N3CCC(c4ccc(C#N)cc4)CC3)c(C)cc2N2CCCCC2)n[nH]1. The van der Waals surface area contributed by atoms with Crippen LogP contribution >= 0.6 is 0 Å². The Kier molecular flexibility index (Phi) is 18.1. The normalized spacial score (nSPS) is 16.2. The Labute approximate surface area is 424 Å². The molecule has 6 aromatic rings. The number of carbonyl (C=O) groups is 2. The number of rotatable bonds is 7. The maximum absolute atomic E-state index is 14.5. The van der Waals surface area contributed by atoms with Gasteiger partial charge >= 0.3 is 0 Å². The van der Waals surface area contributed by atoms with Gasteiger partial charge in [0.1, 0.15) is 17.5 Å². The van der Waals surface area contributed by atoms with Gasteiger partial charge in [-0.25, -0.2) is 14.4 Å². The zero-order chi connectivity index (χ0) is 49.9. The van der Waals surface area contributed by atoms with Crippen LogP contribution in [0.4, 0.5) is 10.1 Å². The van der Waals surface area contributed by atoms with Crippen molar-refractivity contribution in [2.75, 3.05) is 57.3 Å². The Balaban J connectivity index is 0.000000188. The summed E-state index contributed by atoms with van der Waals surface area (Å²) in [6.45, 7) is 14.7. The molecule has 10 rings (SSSR count). The number of H-pyrrole nitrogens is 2. The first-order valence-corrected chi connectivity index (χ1v) is 25.3. The Morgan fingerprint density at radius 2 is 1.01 bits per heavy atom. The summed E-state index contributed by atoms with van der Waals surface area (Å²) in [7, 11) is 0. The van der Waals surface area contributed by atoms with Crippen LogP contribution in [0.15, 0.2) is 72.8 Å². The van der Waals surface area contributed by atoms with Gasteiger partial charge in [0, 0.05) is 61.6 Å². The lowest BCUT2D eigenvalue weighted by atomic mass is 9.88. The van der Waals surface area contributed by atoms with Crippen LogP contribution in [0.25, 0.3) is 22.8 Å². The standard InChI is InChI=1S/C28H32N6O.C23H22FN5O.C5H11N.CH4/c1-19-16-26(33-12-4-3-5-13-33)25(27-30-20(2)31-32-27)17-24(19)28(35)34-14-10-23(11-15-34)22-8-6-21(18-29)7-9-22;1-14-11-21(24)20(22-26-15(2)27-28-22)12-19(14)23(30)29-9-7-18(8-10-29)17-5-3-16(13-25)4-6-17;1-2-4-6-5-3-1;/h6-9,16-17,23H,3-5,10-15H2,1-2H3,(H,30,31,32);3-6,11-12,18H,7-10H2,1-2H3,(H,26,27,28);6H,1-5H2;1H4. The molecule has 15 heteroatoms. The van der Waals surface area contributed by atoms with Crippen molar-refractivity contribution < 1.29 is 14.0 Å². The molecule has 4 aliphatic rings. The second-order valence-electron chi connectivity index (χ2n) is 19.3. The van der Waals surface area contributed by atoms with Gasteiger partial charge in [0.25, 0.3) is 11.8 Å². The number of amides is 2. The number of nitriles is 2. The quantitative estimate of drug-likeness (QED) is 0.139. The van der Waals surface area contributed by atoms with E-state index >= 15 is 0 Å². The number of halogens is 1. The average Bonchev–Trinajstić information content (AvgIpc) is 4.07. The Morgan fingerprint density at radius 3 is 1.42 bits per heavy atom. The van der Waals surface area contributed by atoms with Crippen molar-refractivity contribution in [3.8, 4) is 34.9 Å². The van der Waals surface area contributed by atoms with Crippen molar-refractivity contribution in [1.29, 1.82) is 10.5 Å². The van der Waals surface area contributed by atoms with Crippen LogP contribution in [-0.4, -0.2) is 104 Å². The molecule has 0 atom stereocenters. The molecule has 0 radical (unpaired) electrons. The minimum atomic E-state index is -0.442.